The highest BCUT2D eigenvalue weighted by atomic mass is 16.5. The minimum atomic E-state index is 0.177. The van der Waals surface area contributed by atoms with Crippen LogP contribution in [0.15, 0.2) is 28.9 Å². The van der Waals surface area contributed by atoms with Crippen molar-refractivity contribution in [3.63, 3.8) is 0 Å². The molecule has 2 aliphatic carbocycles. The van der Waals surface area contributed by atoms with Crippen molar-refractivity contribution >= 4 is 5.78 Å². The second-order valence-corrected chi connectivity index (χ2v) is 8.16. The van der Waals surface area contributed by atoms with Gasteiger partial charge in [0.15, 0.2) is 5.78 Å². The Morgan fingerprint density at radius 1 is 1.29 bits per heavy atom. The van der Waals surface area contributed by atoms with Gasteiger partial charge in [-0.15, -0.1) is 0 Å². The molecule has 28 heavy (non-hydrogen) atoms. The number of carbonyl (C=O) groups excluding carboxylic acids is 1. The van der Waals surface area contributed by atoms with Crippen LogP contribution in [0.2, 0.25) is 0 Å². The second kappa shape index (κ2) is 6.69. The quantitative estimate of drug-likeness (QED) is 0.619. The lowest BCUT2D eigenvalue weighted by molar-refractivity contribution is 0.0973. The average Bonchev–Trinajstić information content (AvgIpc) is 3.33. The number of aryl methyl sites for hydroxylation is 3. The van der Waals surface area contributed by atoms with Crippen molar-refractivity contribution in [2.75, 3.05) is 0 Å². The fourth-order valence-electron chi connectivity index (χ4n) is 4.44. The predicted molar refractivity (Wildman–Crippen MR) is 104 cm³/mol. The van der Waals surface area contributed by atoms with Gasteiger partial charge >= 0.3 is 0 Å². The maximum atomic E-state index is 12.7. The minimum absolute atomic E-state index is 0.177. The molecule has 0 bridgehead atoms. The van der Waals surface area contributed by atoms with E-state index in [1.165, 1.54) is 17.5 Å². The Morgan fingerprint density at radius 3 is 2.86 bits per heavy atom. The number of nitrogens with zero attached hydrogens (tertiary/aromatic N) is 4. The van der Waals surface area contributed by atoms with Gasteiger partial charge in [0, 0.05) is 31.1 Å². The van der Waals surface area contributed by atoms with Gasteiger partial charge in [0.05, 0.1) is 11.3 Å². The van der Waals surface area contributed by atoms with Crippen LogP contribution in [0.3, 0.4) is 0 Å². The lowest BCUT2D eigenvalue weighted by Gasteiger charge is -2.20. The summed E-state index contributed by atoms with van der Waals surface area (Å²) in [6.07, 6.45) is 7.90. The number of ketones is 1. The largest absolute Gasteiger partial charge is 0.339 e. The molecule has 1 aromatic carbocycles. The molecule has 2 aromatic heterocycles. The molecule has 144 valence electrons. The summed E-state index contributed by atoms with van der Waals surface area (Å²) in [6, 6.07) is 6.38. The summed E-state index contributed by atoms with van der Waals surface area (Å²) in [4.78, 5) is 17.4. The van der Waals surface area contributed by atoms with Gasteiger partial charge in [-0.25, -0.2) is 0 Å². The van der Waals surface area contributed by atoms with Crippen molar-refractivity contribution in [3.05, 3.63) is 52.7 Å². The standard InChI is InChI=1S/C22H24N4O2/c1-13-19(12-26(2)24-13)20(27)11-16-7-6-15-10-17(8-9-18(15)16)21-23-22(28-25-21)14-4-3-5-14/h8-10,12,14,16H,3-7,11H2,1-2H3/t16-/m0/s1. The third kappa shape index (κ3) is 2.97. The van der Waals surface area contributed by atoms with Gasteiger partial charge < -0.3 is 4.52 Å². The highest BCUT2D eigenvalue weighted by molar-refractivity contribution is 5.97. The second-order valence-electron chi connectivity index (χ2n) is 8.16. The van der Waals surface area contributed by atoms with Gasteiger partial charge in [0.2, 0.25) is 11.7 Å². The fourth-order valence-corrected chi connectivity index (χ4v) is 4.44. The first kappa shape index (κ1) is 17.3. The zero-order valence-corrected chi connectivity index (χ0v) is 16.3. The van der Waals surface area contributed by atoms with E-state index >= 15 is 0 Å². The smallest absolute Gasteiger partial charge is 0.230 e. The molecule has 0 spiro atoms. The van der Waals surface area contributed by atoms with Crippen molar-refractivity contribution in [1.29, 1.82) is 0 Å². The van der Waals surface area contributed by atoms with Crippen LogP contribution in [0.4, 0.5) is 0 Å². The predicted octanol–water partition coefficient (Wildman–Crippen LogP) is 4.35. The molecule has 1 atom stereocenters. The van der Waals surface area contributed by atoms with Crippen molar-refractivity contribution < 1.29 is 9.32 Å². The number of fused-ring (bicyclic) bond motifs is 1. The third-order valence-electron chi connectivity index (χ3n) is 6.24. The number of aromatic nitrogens is 4. The van der Waals surface area contributed by atoms with Crippen LogP contribution in [-0.2, 0) is 13.5 Å². The molecule has 0 aliphatic heterocycles. The number of hydrogen-bond acceptors (Lipinski definition) is 5. The Morgan fingerprint density at radius 2 is 2.14 bits per heavy atom. The van der Waals surface area contributed by atoms with Crippen LogP contribution in [0.1, 0.15) is 77.0 Å². The van der Waals surface area contributed by atoms with E-state index in [2.05, 4.69) is 33.4 Å². The number of Topliss-reactive ketones (excluding diaryl/α,β-unsaturated/α-hetero) is 1. The topological polar surface area (TPSA) is 73.8 Å². The molecular weight excluding hydrogens is 352 g/mol. The van der Waals surface area contributed by atoms with E-state index in [-0.39, 0.29) is 11.7 Å². The molecule has 5 rings (SSSR count). The average molecular weight is 376 g/mol. The highest BCUT2D eigenvalue weighted by Crippen LogP contribution is 2.39. The molecule has 0 saturated heterocycles. The third-order valence-corrected chi connectivity index (χ3v) is 6.24. The van der Waals surface area contributed by atoms with Gasteiger partial charge in [-0.2, -0.15) is 10.1 Å². The van der Waals surface area contributed by atoms with Crippen LogP contribution in [0, 0.1) is 6.92 Å². The maximum Gasteiger partial charge on any atom is 0.230 e. The Hall–Kier alpha value is -2.76. The van der Waals surface area contributed by atoms with Gasteiger partial charge in [-0.3, -0.25) is 9.48 Å². The lowest BCUT2D eigenvalue weighted by atomic mass is 9.85. The zero-order valence-electron chi connectivity index (χ0n) is 16.3. The fraction of sp³-hybridized carbons (Fsp3) is 0.455. The van der Waals surface area contributed by atoms with Crippen LogP contribution in [-0.4, -0.2) is 25.7 Å². The summed E-state index contributed by atoms with van der Waals surface area (Å²) in [5.74, 6) is 2.34. The molecule has 0 amide bonds. The molecular formula is C22H24N4O2. The molecule has 3 aromatic rings. The molecule has 0 N–H and O–H groups in total. The first-order chi connectivity index (χ1) is 13.6. The molecule has 0 radical (unpaired) electrons. The summed E-state index contributed by atoms with van der Waals surface area (Å²) in [5.41, 5.74) is 5.13. The number of hydrogen-bond donors (Lipinski definition) is 0. The highest BCUT2D eigenvalue weighted by Gasteiger charge is 2.28. The van der Waals surface area contributed by atoms with E-state index in [1.807, 2.05) is 20.2 Å². The monoisotopic (exact) mass is 376 g/mol. The van der Waals surface area contributed by atoms with Crippen molar-refractivity contribution in [1.82, 2.24) is 19.9 Å². The summed E-state index contributed by atoms with van der Waals surface area (Å²) in [7, 11) is 1.85. The molecule has 1 fully saturated rings. The minimum Gasteiger partial charge on any atom is -0.339 e. The molecule has 2 heterocycles. The zero-order chi connectivity index (χ0) is 19.3. The van der Waals surface area contributed by atoms with E-state index in [9.17, 15) is 4.79 Å². The van der Waals surface area contributed by atoms with Gasteiger partial charge in [-0.1, -0.05) is 23.7 Å². The summed E-state index contributed by atoms with van der Waals surface area (Å²) < 4.78 is 7.17. The van der Waals surface area contributed by atoms with Gasteiger partial charge in [-0.05, 0) is 55.7 Å². The summed E-state index contributed by atoms with van der Waals surface area (Å²) in [5, 5.41) is 8.48. The Balaban J connectivity index is 1.34. The maximum absolute atomic E-state index is 12.7. The van der Waals surface area contributed by atoms with E-state index in [1.54, 1.807) is 4.68 Å². The van der Waals surface area contributed by atoms with Gasteiger partial charge in [0.25, 0.3) is 0 Å². The van der Waals surface area contributed by atoms with E-state index in [4.69, 9.17) is 4.52 Å². The first-order valence-corrected chi connectivity index (χ1v) is 10.1. The Kier molecular flexibility index (Phi) is 4.14. The van der Waals surface area contributed by atoms with Crippen LogP contribution >= 0.6 is 0 Å². The van der Waals surface area contributed by atoms with Crippen molar-refractivity contribution in [2.24, 2.45) is 7.05 Å². The van der Waals surface area contributed by atoms with Crippen LogP contribution < -0.4 is 0 Å². The van der Waals surface area contributed by atoms with E-state index in [0.29, 0.717) is 18.2 Å². The Bertz CT molecular complexity index is 1040. The van der Waals surface area contributed by atoms with Crippen molar-refractivity contribution in [3.8, 4) is 11.4 Å². The molecule has 6 heteroatoms. The van der Waals surface area contributed by atoms with Crippen LogP contribution in [0.25, 0.3) is 11.4 Å². The number of benzene rings is 1. The normalized spacial score (nSPS) is 18.9. The van der Waals surface area contributed by atoms with E-state index < -0.39 is 0 Å². The summed E-state index contributed by atoms with van der Waals surface area (Å²) in [6.45, 7) is 1.89. The van der Waals surface area contributed by atoms with Crippen LogP contribution in [0.5, 0.6) is 0 Å². The molecule has 0 unspecified atom stereocenters. The van der Waals surface area contributed by atoms with E-state index in [0.717, 1.165) is 48.4 Å². The number of carbonyl (C=O) groups is 1. The van der Waals surface area contributed by atoms with Crippen molar-refractivity contribution in [2.45, 2.75) is 57.3 Å². The molecule has 6 nitrogen and oxygen atoms in total. The summed E-state index contributed by atoms with van der Waals surface area (Å²) >= 11 is 0. The van der Waals surface area contributed by atoms with Gasteiger partial charge in [0.1, 0.15) is 0 Å². The SMILES string of the molecule is Cc1nn(C)cc1C(=O)C[C@@H]1CCc2cc(-c3noc(C4CCC4)n3)ccc21. The molecule has 2 aliphatic rings. The lowest BCUT2D eigenvalue weighted by Crippen LogP contribution is -2.08. The Labute approximate surface area is 164 Å². The first-order valence-electron chi connectivity index (χ1n) is 10.1. The molecule has 1 saturated carbocycles. The number of rotatable bonds is 5.